The molecule has 88 valence electrons. The predicted molar refractivity (Wildman–Crippen MR) is 70.7 cm³/mol. The zero-order valence-electron chi connectivity index (χ0n) is 9.44. The maximum Gasteiger partial charge on any atom is 0.143 e. The first kappa shape index (κ1) is 12.3. The maximum absolute atomic E-state index is 11.8. The maximum atomic E-state index is 11.8. The van der Waals surface area contributed by atoms with Crippen molar-refractivity contribution in [2.24, 2.45) is 0 Å². The van der Waals surface area contributed by atoms with Gasteiger partial charge in [0.05, 0.1) is 10.7 Å². The van der Waals surface area contributed by atoms with Gasteiger partial charge in [-0.1, -0.05) is 29.8 Å². The lowest BCUT2D eigenvalue weighted by atomic mass is 10.1. The molecular formula is C13H12ClNOS. The zero-order valence-corrected chi connectivity index (χ0v) is 11.0. The van der Waals surface area contributed by atoms with Crippen molar-refractivity contribution in [2.75, 3.05) is 0 Å². The first-order valence-corrected chi connectivity index (χ1v) is 6.57. The van der Waals surface area contributed by atoms with Crippen LogP contribution >= 0.6 is 22.9 Å². The van der Waals surface area contributed by atoms with Gasteiger partial charge in [0.1, 0.15) is 5.78 Å². The lowest BCUT2D eigenvalue weighted by Crippen LogP contribution is -2.07. The number of hydrogen-bond acceptors (Lipinski definition) is 3. The lowest BCUT2D eigenvalue weighted by Gasteiger charge is -2.02. The molecule has 0 saturated carbocycles. The van der Waals surface area contributed by atoms with Gasteiger partial charge in [-0.05, 0) is 18.6 Å². The Morgan fingerprint density at radius 1 is 1.35 bits per heavy atom. The van der Waals surface area contributed by atoms with Crippen molar-refractivity contribution in [3.05, 3.63) is 50.9 Å². The Kier molecular flexibility index (Phi) is 3.92. The summed E-state index contributed by atoms with van der Waals surface area (Å²) in [5, 5.41) is 3.57. The smallest absolute Gasteiger partial charge is 0.143 e. The highest BCUT2D eigenvalue weighted by molar-refractivity contribution is 7.09. The number of hydrogen-bond donors (Lipinski definition) is 0. The number of benzene rings is 1. The Balaban J connectivity index is 2.01. The Morgan fingerprint density at radius 3 is 2.76 bits per heavy atom. The van der Waals surface area contributed by atoms with Gasteiger partial charge in [-0.15, -0.1) is 11.3 Å². The van der Waals surface area contributed by atoms with Crippen LogP contribution in [0.2, 0.25) is 5.02 Å². The highest BCUT2D eigenvalue weighted by Crippen LogP contribution is 2.16. The number of carbonyl (C=O) groups excluding carboxylic acids is 1. The number of Topliss-reactive ketones (excluding diaryl/α,β-unsaturated/α-hetero) is 1. The molecule has 2 aromatic rings. The van der Waals surface area contributed by atoms with Gasteiger partial charge >= 0.3 is 0 Å². The summed E-state index contributed by atoms with van der Waals surface area (Å²) in [5.74, 6) is 0.142. The van der Waals surface area contributed by atoms with Crippen molar-refractivity contribution >= 4 is 28.7 Å². The van der Waals surface area contributed by atoms with Crippen LogP contribution in [-0.4, -0.2) is 10.8 Å². The van der Waals surface area contributed by atoms with E-state index >= 15 is 0 Å². The summed E-state index contributed by atoms with van der Waals surface area (Å²) in [6.07, 6.45) is 0.756. The Bertz CT molecular complexity index is 536. The second-order valence-corrected chi connectivity index (χ2v) is 5.31. The van der Waals surface area contributed by atoms with Crippen LogP contribution in [0.1, 0.15) is 16.3 Å². The fraction of sp³-hybridized carbons (Fsp3) is 0.231. The van der Waals surface area contributed by atoms with Crippen molar-refractivity contribution < 1.29 is 4.79 Å². The number of halogens is 1. The Labute approximate surface area is 109 Å². The molecule has 0 bridgehead atoms. The average Bonchev–Trinajstić information content (AvgIpc) is 2.67. The van der Waals surface area contributed by atoms with E-state index in [1.54, 1.807) is 17.4 Å². The van der Waals surface area contributed by atoms with E-state index < -0.39 is 0 Å². The second-order valence-electron chi connectivity index (χ2n) is 3.84. The van der Waals surface area contributed by atoms with Crippen molar-refractivity contribution in [2.45, 2.75) is 19.8 Å². The molecule has 1 aromatic heterocycles. The highest BCUT2D eigenvalue weighted by atomic mass is 35.5. The minimum Gasteiger partial charge on any atom is -0.299 e. The van der Waals surface area contributed by atoms with Crippen LogP contribution in [-0.2, 0) is 17.6 Å². The third kappa shape index (κ3) is 3.38. The molecule has 1 aromatic carbocycles. The number of carbonyl (C=O) groups is 1. The van der Waals surface area contributed by atoms with Crippen molar-refractivity contribution in [1.29, 1.82) is 0 Å². The fourth-order valence-corrected chi connectivity index (χ4v) is 2.42. The number of thiazole rings is 1. The second kappa shape index (κ2) is 5.43. The van der Waals surface area contributed by atoms with Crippen LogP contribution in [0.25, 0.3) is 0 Å². The van der Waals surface area contributed by atoms with Crippen molar-refractivity contribution in [1.82, 2.24) is 4.98 Å². The first-order chi connectivity index (χ1) is 8.15. The standard InChI is InChI=1S/C13H12ClNOS/c1-9-15-11(8-17-9)7-12(16)6-10-4-2-3-5-13(10)14/h2-5,8H,6-7H2,1H3. The van der Waals surface area contributed by atoms with Gasteiger partial charge in [-0.2, -0.15) is 0 Å². The van der Waals surface area contributed by atoms with Crippen LogP contribution in [0.4, 0.5) is 0 Å². The van der Waals surface area contributed by atoms with Crippen LogP contribution in [0.15, 0.2) is 29.6 Å². The van der Waals surface area contributed by atoms with Crippen LogP contribution in [0, 0.1) is 6.92 Å². The summed E-state index contributed by atoms with van der Waals surface area (Å²) in [4.78, 5) is 16.1. The molecular weight excluding hydrogens is 254 g/mol. The minimum absolute atomic E-state index is 0.142. The topological polar surface area (TPSA) is 30.0 Å². The van der Waals surface area contributed by atoms with Gasteiger partial charge in [0, 0.05) is 23.2 Å². The molecule has 0 spiro atoms. The van der Waals surface area contributed by atoms with Gasteiger partial charge in [0.15, 0.2) is 0 Å². The molecule has 0 saturated heterocycles. The van der Waals surface area contributed by atoms with E-state index in [0.29, 0.717) is 17.9 Å². The monoisotopic (exact) mass is 265 g/mol. The number of rotatable bonds is 4. The summed E-state index contributed by atoms with van der Waals surface area (Å²) < 4.78 is 0. The van der Waals surface area contributed by atoms with E-state index in [2.05, 4.69) is 4.98 Å². The lowest BCUT2D eigenvalue weighted by molar-refractivity contribution is -0.117. The van der Waals surface area contributed by atoms with Gasteiger partial charge in [-0.3, -0.25) is 4.79 Å². The number of ketones is 1. The third-order valence-corrected chi connectivity index (χ3v) is 3.58. The van der Waals surface area contributed by atoms with Gasteiger partial charge in [0.2, 0.25) is 0 Å². The van der Waals surface area contributed by atoms with Gasteiger partial charge in [-0.25, -0.2) is 4.98 Å². The summed E-state index contributed by atoms with van der Waals surface area (Å²) in [6.45, 7) is 1.94. The van der Waals surface area contributed by atoms with Crippen molar-refractivity contribution in [3.63, 3.8) is 0 Å². The molecule has 0 aliphatic carbocycles. The van der Waals surface area contributed by atoms with E-state index in [0.717, 1.165) is 16.3 Å². The molecule has 0 aliphatic rings. The van der Waals surface area contributed by atoms with Crippen LogP contribution in [0.5, 0.6) is 0 Å². The molecule has 0 amide bonds. The van der Waals surface area contributed by atoms with Crippen LogP contribution < -0.4 is 0 Å². The quantitative estimate of drug-likeness (QED) is 0.847. The van der Waals surface area contributed by atoms with Gasteiger partial charge < -0.3 is 0 Å². The largest absolute Gasteiger partial charge is 0.299 e. The van der Waals surface area contributed by atoms with E-state index in [4.69, 9.17) is 11.6 Å². The summed E-state index contributed by atoms with van der Waals surface area (Å²) in [6, 6.07) is 7.44. The number of nitrogens with zero attached hydrogens (tertiary/aromatic N) is 1. The molecule has 0 N–H and O–H groups in total. The van der Waals surface area contributed by atoms with E-state index in [9.17, 15) is 4.79 Å². The number of aryl methyl sites for hydroxylation is 1. The third-order valence-electron chi connectivity index (χ3n) is 2.39. The fourth-order valence-electron chi connectivity index (χ4n) is 1.61. The molecule has 17 heavy (non-hydrogen) atoms. The van der Waals surface area contributed by atoms with Gasteiger partial charge in [0.25, 0.3) is 0 Å². The molecule has 0 radical (unpaired) electrons. The van der Waals surface area contributed by atoms with Crippen molar-refractivity contribution in [3.8, 4) is 0 Å². The molecule has 0 fully saturated rings. The Morgan fingerprint density at radius 2 is 2.12 bits per heavy atom. The van der Waals surface area contributed by atoms with Crippen LogP contribution in [0.3, 0.4) is 0 Å². The number of aromatic nitrogens is 1. The molecule has 0 atom stereocenters. The highest BCUT2D eigenvalue weighted by Gasteiger charge is 2.09. The normalized spacial score (nSPS) is 10.5. The molecule has 4 heteroatoms. The zero-order chi connectivity index (χ0) is 12.3. The van der Waals surface area contributed by atoms with E-state index in [1.807, 2.05) is 30.5 Å². The van der Waals surface area contributed by atoms with E-state index in [-0.39, 0.29) is 5.78 Å². The molecule has 1 heterocycles. The summed E-state index contributed by atoms with van der Waals surface area (Å²) in [7, 11) is 0. The molecule has 0 aliphatic heterocycles. The summed E-state index contributed by atoms with van der Waals surface area (Å²) >= 11 is 7.58. The SMILES string of the molecule is Cc1nc(CC(=O)Cc2ccccc2Cl)cs1. The van der Waals surface area contributed by atoms with E-state index in [1.165, 1.54) is 0 Å². The summed E-state index contributed by atoms with van der Waals surface area (Å²) in [5.41, 5.74) is 1.73. The average molecular weight is 266 g/mol. The molecule has 2 rings (SSSR count). The minimum atomic E-state index is 0.142. The molecule has 0 unspecified atom stereocenters. The predicted octanol–water partition coefficient (Wildman–Crippen LogP) is 3.46. The first-order valence-electron chi connectivity index (χ1n) is 5.31. The Hall–Kier alpha value is -1.19. The molecule has 2 nitrogen and oxygen atoms in total.